The zero-order chi connectivity index (χ0) is 13.7. The Bertz CT molecular complexity index is 434. The third kappa shape index (κ3) is 3.78. The van der Waals surface area contributed by atoms with E-state index in [-0.39, 0.29) is 12.0 Å². The number of hydrogen-bond donors (Lipinski definition) is 1. The highest BCUT2D eigenvalue weighted by atomic mass is 16.5. The van der Waals surface area contributed by atoms with Gasteiger partial charge >= 0.3 is 0 Å². The highest BCUT2D eigenvalue weighted by Gasteiger charge is 2.22. The van der Waals surface area contributed by atoms with Gasteiger partial charge in [-0.05, 0) is 24.5 Å². The van der Waals surface area contributed by atoms with E-state index in [1.807, 2.05) is 17.0 Å². The molecule has 0 spiro atoms. The van der Waals surface area contributed by atoms with E-state index in [1.54, 1.807) is 0 Å². The zero-order valence-corrected chi connectivity index (χ0v) is 11.5. The molecule has 4 heteroatoms. The lowest BCUT2D eigenvalue weighted by Crippen LogP contribution is -2.48. The molecule has 1 heterocycles. The summed E-state index contributed by atoms with van der Waals surface area (Å²) in [5, 5.41) is 0. The third-order valence-electron chi connectivity index (χ3n) is 3.62. The number of rotatable bonds is 4. The monoisotopic (exact) mass is 262 g/mol. The predicted molar refractivity (Wildman–Crippen MR) is 74.9 cm³/mol. The van der Waals surface area contributed by atoms with Crippen LogP contribution in [-0.4, -0.2) is 43.2 Å². The van der Waals surface area contributed by atoms with Crippen LogP contribution in [0.2, 0.25) is 0 Å². The van der Waals surface area contributed by atoms with Gasteiger partial charge in [0.1, 0.15) is 0 Å². The molecule has 1 aromatic rings. The van der Waals surface area contributed by atoms with Crippen molar-refractivity contribution in [3.8, 4) is 0 Å². The second-order valence-electron chi connectivity index (χ2n) is 4.99. The van der Waals surface area contributed by atoms with Crippen LogP contribution in [0.25, 0.3) is 0 Å². The van der Waals surface area contributed by atoms with Crippen LogP contribution in [-0.2, 0) is 16.0 Å². The van der Waals surface area contributed by atoms with Crippen molar-refractivity contribution in [3.63, 3.8) is 0 Å². The van der Waals surface area contributed by atoms with E-state index in [4.69, 9.17) is 10.5 Å². The van der Waals surface area contributed by atoms with Crippen LogP contribution in [0.15, 0.2) is 24.3 Å². The van der Waals surface area contributed by atoms with Crippen molar-refractivity contribution in [2.45, 2.75) is 25.9 Å². The summed E-state index contributed by atoms with van der Waals surface area (Å²) in [7, 11) is 0. The van der Waals surface area contributed by atoms with Crippen LogP contribution in [0.3, 0.4) is 0 Å². The smallest absolute Gasteiger partial charge is 0.223 e. The SMILES string of the molecule is Cc1ccccc1CCC(=O)N1CCO[C@@H](CN)C1. The van der Waals surface area contributed by atoms with Gasteiger partial charge in [0.05, 0.1) is 12.7 Å². The Morgan fingerprint density at radius 2 is 2.26 bits per heavy atom. The fourth-order valence-corrected chi connectivity index (χ4v) is 2.38. The quantitative estimate of drug-likeness (QED) is 0.884. The molecule has 0 unspecified atom stereocenters. The molecule has 1 aromatic carbocycles. The van der Waals surface area contributed by atoms with Crippen molar-refractivity contribution in [1.82, 2.24) is 4.90 Å². The van der Waals surface area contributed by atoms with Crippen molar-refractivity contribution < 1.29 is 9.53 Å². The number of amides is 1. The van der Waals surface area contributed by atoms with Crippen LogP contribution < -0.4 is 5.73 Å². The Labute approximate surface area is 114 Å². The molecule has 1 saturated heterocycles. The number of nitrogens with two attached hydrogens (primary N) is 1. The average molecular weight is 262 g/mol. The number of morpholine rings is 1. The summed E-state index contributed by atoms with van der Waals surface area (Å²) >= 11 is 0. The predicted octanol–water partition coefficient (Wildman–Crippen LogP) is 1.11. The molecule has 19 heavy (non-hydrogen) atoms. The molecule has 4 nitrogen and oxygen atoms in total. The first-order valence-corrected chi connectivity index (χ1v) is 6.84. The molecule has 0 radical (unpaired) electrons. The second-order valence-corrected chi connectivity index (χ2v) is 4.99. The van der Waals surface area contributed by atoms with Crippen LogP contribution in [0.5, 0.6) is 0 Å². The Kier molecular flexibility index (Phi) is 4.93. The van der Waals surface area contributed by atoms with Crippen molar-refractivity contribution in [1.29, 1.82) is 0 Å². The lowest BCUT2D eigenvalue weighted by molar-refractivity contribution is -0.138. The van der Waals surface area contributed by atoms with Gasteiger partial charge in [-0.15, -0.1) is 0 Å². The Morgan fingerprint density at radius 3 is 3.00 bits per heavy atom. The number of aryl methyl sites for hydroxylation is 2. The lowest BCUT2D eigenvalue weighted by atomic mass is 10.0. The zero-order valence-electron chi connectivity index (χ0n) is 11.5. The number of benzene rings is 1. The summed E-state index contributed by atoms with van der Waals surface area (Å²) in [6.07, 6.45) is 1.36. The summed E-state index contributed by atoms with van der Waals surface area (Å²) < 4.78 is 5.47. The number of carbonyl (C=O) groups is 1. The fraction of sp³-hybridized carbons (Fsp3) is 0.533. The van der Waals surface area contributed by atoms with E-state index in [9.17, 15) is 4.79 Å². The molecule has 0 aliphatic carbocycles. The van der Waals surface area contributed by atoms with E-state index >= 15 is 0 Å². The summed E-state index contributed by atoms with van der Waals surface area (Å²) in [6, 6.07) is 8.21. The Morgan fingerprint density at radius 1 is 1.47 bits per heavy atom. The third-order valence-corrected chi connectivity index (χ3v) is 3.62. The summed E-state index contributed by atoms with van der Waals surface area (Å²) in [5.41, 5.74) is 8.08. The number of ether oxygens (including phenoxy) is 1. The summed E-state index contributed by atoms with van der Waals surface area (Å²) in [4.78, 5) is 14.0. The van der Waals surface area contributed by atoms with Gasteiger partial charge in [0, 0.05) is 26.1 Å². The molecule has 1 fully saturated rings. The highest BCUT2D eigenvalue weighted by molar-refractivity contribution is 5.76. The lowest BCUT2D eigenvalue weighted by Gasteiger charge is -2.32. The normalized spacial score (nSPS) is 19.5. The standard InChI is InChI=1S/C15H22N2O2/c1-12-4-2-3-5-13(12)6-7-15(18)17-8-9-19-14(10-16)11-17/h2-5,14H,6-11,16H2,1H3/t14-/m0/s1. The van der Waals surface area contributed by atoms with Crippen molar-refractivity contribution in [3.05, 3.63) is 35.4 Å². The number of nitrogens with zero attached hydrogens (tertiary/aromatic N) is 1. The average Bonchev–Trinajstić information content (AvgIpc) is 2.46. The second kappa shape index (κ2) is 6.68. The van der Waals surface area contributed by atoms with Crippen LogP contribution in [0.1, 0.15) is 17.5 Å². The Hall–Kier alpha value is -1.39. The molecule has 1 aliphatic rings. The molecule has 1 amide bonds. The van der Waals surface area contributed by atoms with Crippen LogP contribution in [0, 0.1) is 6.92 Å². The molecular weight excluding hydrogens is 240 g/mol. The molecule has 2 N–H and O–H groups in total. The van der Waals surface area contributed by atoms with Crippen molar-refractivity contribution >= 4 is 5.91 Å². The van der Waals surface area contributed by atoms with Gasteiger partial charge < -0.3 is 15.4 Å². The topological polar surface area (TPSA) is 55.6 Å². The van der Waals surface area contributed by atoms with Gasteiger partial charge in [-0.3, -0.25) is 4.79 Å². The molecule has 2 rings (SSSR count). The van der Waals surface area contributed by atoms with Gasteiger partial charge in [0.2, 0.25) is 5.91 Å². The largest absolute Gasteiger partial charge is 0.373 e. The van der Waals surface area contributed by atoms with Gasteiger partial charge in [-0.25, -0.2) is 0 Å². The molecular formula is C15H22N2O2. The fourth-order valence-electron chi connectivity index (χ4n) is 2.38. The van der Waals surface area contributed by atoms with Crippen LogP contribution in [0.4, 0.5) is 0 Å². The molecule has 1 aliphatic heterocycles. The van der Waals surface area contributed by atoms with Gasteiger partial charge in [0.25, 0.3) is 0 Å². The maximum absolute atomic E-state index is 12.2. The molecule has 0 bridgehead atoms. The molecule has 104 valence electrons. The maximum atomic E-state index is 12.2. The van der Waals surface area contributed by atoms with Gasteiger partial charge in [-0.2, -0.15) is 0 Å². The number of carbonyl (C=O) groups excluding carboxylic acids is 1. The molecule has 0 aromatic heterocycles. The van der Waals surface area contributed by atoms with E-state index in [0.717, 1.165) is 6.42 Å². The minimum atomic E-state index is -0.00355. The minimum Gasteiger partial charge on any atom is -0.373 e. The van der Waals surface area contributed by atoms with Crippen molar-refractivity contribution in [2.75, 3.05) is 26.2 Å². The maximum Gasteiger partial charge on any atom is 0.223 e. The first kappa shape index (κ1) is 14.0. The molecule has 1 atom stereocenters. The van der Waals surface area contributed by atoms with E-state index in [1.165, 1.54) is 11.1 Å². The summed E-state index contributed by atoms with van der Waals surface area (Å²) in [5.74, 6) is 0.199. The minimum absolute atomic E-state index is 0.00355. The van der Waals surface area contributed by atoms with Gasteiger partial charge in [0.15, 0.2) is 0 Å². The van der Waals surface area contributed by atoms with Crippen LogP contribution >= 0.6 is 0 Å². The molecule has 0 saturated carbocycles. The highest BCUT2D eigenvalue weighted by Crippen LogP contribution is 2.12. The van der Waals surface area contributed by atoms with E-state index in [2.05, 4.69) is 19.1 Å². The van der Waals surface area contributed by atoms with E-state index in [0.29, 0.717) is 32.7 Å². The van der Waals surface area contributed by atoms with Gasteiger partial charge in [-0.1, -0.05) is 24.3 Å². The Balaban J connectivity index is 1.86. The number of hydrogen-bond acceptors (Lipinski definition) is 3. The first-order chi connectivity index (χ1) is 9.20. The van der Waals surface area contributed by atoms with E-state index < -0.39 is 0 Å². The summed E-state index contributed by atoms with van der Waals surface area (Å²) in [6.45, 7) is 4.46. The van der Waals surface area contributed by atoms with Crippen molar-refractivity contribution in [2.24, 2.45) is 5.73 Å². The first-order valence-electron chi connectivity index (χ1n) is 6.84.